The van der Waals surface area contributed by atoms with E-state index in [1.165, 1.54) is 18.2 Å². The third kappa shape index (κ3) is 4.37. The minimum Gasteiger partial charge on any atom is -0.348 e. The van der Waals surface area contributed by atoms with Crippen LogP contribution < -0.4 is 10.6 Å². The van der Waals surface area contributed by atoms with Crippen molar-refractivity contribution in [1.82, 2.24) is 19.9 Å². The number of carbonyl (C=O) groups is 2. The molecule has 1 fully saturated rings. The summed E-state index contributed by atoms with van der Waals surface area (Å²) in [6.45, 7) is 0. The van der Waals surface area contributed by atoms with E-state index in [1.807, 2.05) is 0 Å². The fourth-order valence-electron chi connectivity index (χ4n) is 3.53. The second-order valence-corrected chi connectivity index (χ2v) is 7.49. The first kappa shape index (κ1) is 19.3. The van der Waals surface area contributed by atoms with Crippen molar-refractivity contribution in [3.05, 3.63) is 59.3 Å². The van der Waals surface area contributed by atoms with Crippen LogP contribution >= 0.6 is 11.6 Å². The van der Waals surface area contributed by atoms with Crippen molar-refractivity contribution in [2.75, 3.05) is 5.32 Å². The Bertz CT molecular complexity index is 1030. The zero-order valence-corrected chi connectivity index (χ0v) is 16.2. The molecule has 2 heterocycles. The van der Waals surface area contributed by atoms with E-state index in [-0.39, 0.29) is 28.8 Å². The Hall–Kier alpha value is -3.00. The molecule has 9 heteroatoms. The molecular formula is C20H19ClFN5O2. The summed E-state index contributed by atoms with van der Waals surface area (Å²) in [5, 5.41) is 10.1. The van der Waals surface area contributed by atoms with Crippen molar-refractivity contribution < 1.29 is 14.0 Å². The largest absolute Gasteiger partial charge is 0.348 e. The van der Waals surface area contributed by atoms with Gasteiger partial charge in [-0.05, 0) is 49.9 Å². The highest BCUT2D eigenvalue weighted by molar-refractivity contribution is 6.33. The molecule has 7 nitrogen and oxygen atoms in total. The predicted octanol–water partition coefficient (Wildman–Crippen LogP) is 3.45. The standard InChI is InChI=1S/C20H19ClFN5O2/c21-15-10-13(22)4-7-16(15)25-19(28)12-2-5-14(6-3-12)24-20(29)17-11-18-23-8-1-9-27(18)26-17/h1,4,7-12,14H,2-3,5-6H2,(H,24,29)(H,25,28). The number of nitrogens with zero attached hydrogens (tertiary/aromatic N) is 3. The van der Waals surface area contributed by atoms with Gasteiger partial charge in [-0.3, -0.25) is 9.59 Å². The third-order valence-electron chi connectivity index (χ3n) is 5.09. The van der Waals surface area contributed by atoms with Crippen LogP contribution in [0.15, 0.2) is 42.7 Å². The molecule has 1 aromatic carbocycles. The number of hydrogen-bond acceptors (Lipinski definition) is 4. The van der Waals surface area contributed by atoms with Crippen LogP contribution in [0, 0.1) is 11.7 Å². The van der Waals surface area contributed by atoms with Crippen LogP contribution in [0.1, 0.15) is 36.2 Å². The summed E-state index contributed by atoms with van der Waals surface area (Å²) >= 11 is 5.97. The summed E-state index contributed by atoms with van der Waals surface area (Å²) in [5.41, 5.74) is 1.32. The highest BCUT2D eigenvalue weighted by Crippen LogP contribution is 2.28. The second-order valence-electron chi connectivity index (χ2n) is 7.09. The van der Waals surface area contributed by atoms with Gasteiger partial charge in [-0.2, -0.15) is 5.10 Å². The number of rotatable bonds is 4. The fourth-order valence-corrected chi connectivity index (χ4v) is 3.74. The predicted molar refractivity (Wildman–Crippen MR) is 106 cm³/mol. The maximum Gasteiger partial charge on any atom is 0.272 e. The molecule has 1 saturated carbocycles. The van der Waals surface area contributed by atoms with E-state index in [9.17, 15) is 14.0 Å². The van der Waals surface area contributed by atoms with Crippen molar-refractivity contribution in [2.24, 2.45) is 5.92 Å². The molecular weight excluding hydrogens is 397 g/mol. The Labute approximate surface area is 171 Å². The Morgan fingerprint density at radius 2 is 1.97 bits per heavy atom. The lowest BCUT2D eigenvalue weighted by molar-refractivity contribution is -0.120. The van der Waals surface area contributed by atoms with E-state index < -0.39 is 5.82 Å². The molecule has 2 aromatic heterocycles. The Morgan fingerprint density at radius 1 is 1.17 bits per heavy atom. The third-order valence-corrected chi connectivity index (χ3v) is 5.40. The molecule has 0 radical (unpaired) electrons. The monoisotopic (exact) mass is 415 g/mol. The van der Waals surface area contributed by atoms with Crippen LogP contribution in [0.3, 0.4) is 0 Å². The molecule has 0 aliphatic heterocycles. The molecule has 0 saturated heterocycles. The summed E-state index contributed by atoms with van der Waals surface area (Å²) < 4.78 is 14.7. The average molecular weight is 416 g/mol. The number of anilines is 1. The maximum atomic E-state index is 13.1. The Balaban J connectivity index is 1.30. The van der Waals surface area contributed by atoms with E-state index >= 15 is 0 Å². The number of aromatic nitrogens is 3. The SMILES string of the molecule is O=C(NC1CCC(C(=O)Nc2ccc(F)cc2Cl)CC1)c1cc2ncccn2n1. The first-order valence-electron chi connectivity index (χ1n) is 9.37. The van der Waals surface area contributed by atoms with Crippen molar-refractivity contribution in [1.29, 1.82) is 0 Å². The minimum atomic E-state index is -0.453. The van der Waals surface area contributed by atoms with Crippen LogP contribution in [0.4, 0.5) is 10.1 Å². The van der Waals surface area contributed by atoms with Gasteiger partial charge in [0.1, 0.15) is 5.82 Å². The van der Waals surface area contributed by atoms with E-state index in [0.717, 1.165) is 0 Å². The Morgan fingerprint density at radius 3 is 2.69 bits per heavy atom. The molecule has 2 N–H and O–H groups in total. The van der Waals surface area contributed by atoms with Crippen LogP contribution in [-0.2, 0) is 4.79 Å². The number of carbonyl (C=O) groups excluding carboxylic acids is 2. The van der Waals surface area contributed by atoms with Crippen molar-refractivity contribution in [3.8, 4) is 0 Å². The summed E-state index contributed by atoms with van der Waals surface area (Å²) in [4.78, 5) is 29.1. The number of nitrogens with one attached hydrogen (secondary N) is 2. The van der Waals surface area contributed by atoms with Crippen molar-refractivity contribution >= 4 is 34.7 Å². The first-order valence-corrected chi connectivity index (χ1v) is 9.74. The number of amides is 2. The van der Waals surface area contributed by atoms with Gasteiger partial charge >= 0.3 is 0 Å². The Kier molecular flexibility index (Phi) is 5.44. The summed E-state index contributed by atoms with van der Waals surface area (Å²) in [5.74, 6) is -1.02. The lowest BCUT2D eigenvalue weighted by Crippen LogP contribution is -2.39. The molecule has 1 aliphatic rings. The van der Waals surface area contributed by atoms with Crippen LogP contribution in [0.25, 0.3) is 5.65 Å². The van der Waals surface area contributed by atoms with Gasteiger partial charge in [0.15, 0.2) is 11.3 Å². The molecule has 4 rings (SSSR count). The highest BCUT2D eigenvalue weighted by atomic mass is 35.5. The fraction of sp³-hybridized carbons (Fsp3) is 0.300. The van der Waals surface area contributed by atoms with Gasteiger partial charge in [-0.15, -0.1) is 0 Å². The zero-order chi connectivity index (χ0) is 20.4. The highest BCUT2D eigenvalue weighted by Gasteiger charge is 2.28. The van der Waals surface area contributed by atoms with Crippen LogP contribution in [-0.4, -0.2) is 32.5 Å². The van der Waals surface area contributed by atoms with Crippen molar-refractivity contribution in [3.63, 3.8) is 0 Å². The summed E-state index contributed by atoms with van der Waals surface area (Å²) in [6.07, 6.45) is 6.03. The molecule has 0 atom stereocenters. The van der Waals surface area contributed by atoms with E-state index in [0.29, 0.717) is 42.7 Å². The van der Waals surface area contributed by atoms with Gasteiger partial charge in [0.25, 0.3) is 5.91 Å². The zero-order valence-electron chi connectivity index (χ0n) is 15.4. The molecule has 150 valence electrons. The van der Waals surface area contributed by atoms with Gasteiger partial charge in [0.2, 0.25) is 5.91 Å². The number of hydrogen-bond donors (Lipinski definition) is 2. The summed E-state index contributed by atoms with van der Waals surface area (Å²) in [7, 11) is 0. The lowest BCUT2D eigenvalue weighted by atomic mass is 9.85. The number of fused-ring (bicyclic) bond motifs is 1. The topological polar surface area (TPSA) is 88.4 Å². The molecule has 0 unspecified atom stereocenters. The quantitative estimate of drug-likeness (QED) is 0.683. The molecule has 0 spiro atoms. The van der Waals surface area contributed by atoms with Crippen LogP contribution in [0.2, 0.25) is 5.02 Å². The van der Waals surface area contributed by atoms with E-state index in [4.69, 9.17) is 11.6 Å². The number of halogens is 2. The normalized spacial score (nSPS) is 19.1. The lowest BCUT2D eigenvalue weighted by Gasteiger charge is -2.28. The van der Waals surface area contributed by atoms with Gasteiger partial charge in [-0.1, -0.05) is 11.6 Å². The van der Waals surface area contributed by atoms with Crippen molar-refractivity contribution in [2.45, 2.75) is 31.7 Å². The van der Waals surface area contributed by atoms with E-state index in [2.05, 4.69) is 20.7 Å². The molecule has 29 heavy (non-hydrogen) atoms. The van der Waals surface area contributed by atoms with E-state index in [1.54, 1.807) is 29.0 Å². The number of benzene rings is 1. The van der Waals surface area contributed by atoms with Gasteiger partial charge < -0.3 is 10.6 Å². The molecule has 0 bridgehead atoms. The first-order chi connectivity index (χ1) is 14.0. The second kappa shape index (κ2) is 8.16. The summed E-state index contributed by atoms with van der Waals surface area (Å²) in [6, 6.07) is 7.24. The molecule has 3 aromatic rings. The minimum absolute atomic E-state index is 0.0151. The van der Waals surface area contributed by atoms with Gasteiger partial charge in [0.05, 0.1) is 10.7 Å². The van der Waals surface area contributed by atoms with Gasteiger partial charge in [0, 0.05) is 30.4 Å². The van der Waals surface area contributed by atoms with Gasteiger partial charge in [-0.25, -0.2) is 13.9 Å². The molecule has 2 amide bonds. The molecule has 1 aliphatic carbocycles. The smallest absolute Gasteiger partial charge is 0.272 e. The average Bonchev–Trinajstić information content (AvgIpc) is 3.15. The maximum absolute atomic E-state index is 13.1. The van der Waals surface area contributed by atoms with Crippen LogP contribution in [0.5, 0.6) is 0 Å².